The van der Waals surface area contributed by atoms with Crippen molar-refractivity contribution in [2.24, 2.45) is 0 Å². The lowest BCUT2D eigenvalue weighted by Crippen LogP contribution is -2.17. The molecule has 4 rings (SSSR count). The van der Waals surface area contributed by atoms with Gasteiger partial charge in [-0.15, -0.1) is 0 Å². The molecule has 2 heterocycles. The molecule has 29 heavy (non-hydrogen) atoms. The summed E-state index contributed by atoms with van der Waals surface area (Å²) in [5.41, 5.74) is 0.764. The summed E-state index contributed by atoms with van der Waals surface area (Å²) in [6, 6.07) is 13.7. The maximum Gasteiger partial charge on any atom is 0.418 e. The summed E-state index contributed by atoms with van der Waals surface area (Å²) in [4.78, 5) is 17.0. The lowest BCUT2D eigenvalue weighted by atomic mass is 10.1. The Morgan fingerprint density at radius 2 is 1.90 bits per heavy atom. The van der Waals surface area contributed by atoms with Crippen LogP contribution in [-0.4, -0.2) is 20.7 Å². The Labute approximate surface area is 163 Å². The van der Waals surface area contributed by atoms with Crippen molar-refractivity contribution in [3.05, 3.63) is 83.8 Å². The van der Waals surface area contributed by atoms with Crippen molar-refractivity contribution < 1.29 is 18.0 Å². The lowest BCUT2D eigenvalue weighted by molar-refractivity contribution is -0.136. The zero-order valence-electron chi connectivity index (χ0n) is 15.2. The molecule has 0 spiro atoms. The maximum atomic E-state index is 13.6. The van der Waals surface area contributed by atoms with Gasteiger partial charge in [0.15, 0.2) is 0 Å². The number of nitrogens with zero attached hydrogens (tertiary/aromatic N) is 3. The Morgan fingerprint density at radius 3 is 2.62 bits per heavy atom. The fraction of sp³-hybridized carbons (Fsp3) is 0.0952. The third-order valence-corrected chi connectivity index (χ3v) is 4.42. The molecule has 2 aromatic carbocycles. The van der Waals surface area contributed by atoms with Gasteiger partial charge < -0.3 is 5.32 Å². The van der Waals surface area contributed by atoms with Crippen LogP contribution in [0.4, 0.5) is 18.9 Å². The average Bonchev–Trinajstić information content (AvgIpc) is 3.21. The van der Waals surface area contributed by atoms with Gasteiger partial charge in [-0.2, -0.15) is 18.3 Å². The molecule has 0 aliphatic rings. The second kappa shape index (κ2) is 7.05. The molecule has 0 bridgehead atoms. The van der Waals surface area contributed by atoms with Crippen LogP contribution in [0.25, 0.3) is 16.6 Å². The predicted octanol–water partition coefficient (Wildman–Crippen LogP) is 5.00. The van der Waals surface area contributed by atoms with E-state index in [-0.39, 0.29) is 16.9 Å². The summed E-state index contributed by atoms with van der Waals surface area (Å²) in [5, 5.41) is 7.04. The summed E-state index contributed by atoms with van der Waals surface area (Å²) >= 11 is 0. The van der Waals surface area contributed by atoms with Crippen molar-refractivity contribution in [2.75, 3.05) is 5.32 Å². The number of amides is 1. The number of aromatic nitrogens is 3. The molecule has 0 saturated heterocycles. The van der Waals surface area contributed by atoms with Gasteiger partial charge in [-0.3, -0.25) is 9.78 Å². The summed E-state index contributed by atoms with van der Waals surface area (Å²) in [7, 11) is 0. The molecule has 1 N–H and O–H groups in total. The smallest absolute Gasteiger partial charge is 0.321 e. The minimum Gasteiger partial charge on any atom is -0.321 e. The van der Waals surface area contributed by atoms with Crippen LogP contribution in [0.2, 0.25) is 0 Å². The fourth-order valence-corrected chi connectivity index (χ4v) is 3.00. The van der Waals surface area contributed by atoms with Crippen LogP contribution in [0.5, 0.6) is 0 Å². The van der Waals surface area contributed by atoms with E-state index in [1.54, 1.807) is 30.5 Å². The number of carbonyl (C=O) groups excluding carboxylic acids is 1. The summed E-state index contributed by atoms with van der Waals surface area (Å²) in [6.45, 7) is 1.85. The Bertz CT molecular complexity index is 1200. The second-order valence-corrected chi connectivity index (χ2v) is 6.49. The number of alkyl halides is 3. The molecule has 0 atom stereocenters. The van der Waals surface area contributed by atoms with Crippen LogP contribution in [-0.2, 0) is 6.18 Å². The number of hydrogen-bond acceptors (Lipinski definition) is 3. The zero-order valence-corrected chi connectivity index (χ0v) is 15.2. The summed E-state index contributed by atoms with van der Waals surface area (Å²) in [6.07, 6.45) is -1.63. The molecule has 2 aromatic heterocycles. The third-order valence-electron chi connectivity index (χ3n) is 4.42. The quantitative estimate of drug-likeness (QED) is 0.530. The van der Waals surface area contributed by atoms with Gasteiger partial charge in [0.2, 0.25) is 0 Å². The molecule has 0 saturated carbocycles. The van der Waals surface area contributed by atoms with Gasteiger partial charge in [0.1, 0.15) is 0 Å². The summed E-state index contributed by atoms with van der Waals surface area (Å²) in [5.74, 6) is -0.634. The molecule has 8 heteroatoms. The van der Waals surface area contributed by atoms with Crippen molar-refractivity contribution in [3.8, 4) is 5.69 Å². The van der Waals surface area contributed by atoms with E-state index in [1.165, 1.54) is 29.1 Å². The van der Waals surface area contributed by atoms with Gasteiger partial charge in [0, 0.05) is 29.0 Å². The Morgan fingerprint density at radius 1 is 1.07 bits per heavy atom. The molecule has 0 radical (unpaired) electrons. The van der Waals surface area contributed by atoms with E-state index in [0.717, 1.165) is 17.1 Å². The lowest BCUT2D eigenvalue weighted by Gasteiger charge is -2.15. The SMILES string of the molecule is Cc1ccc2cc(C(=O)Nc3ccc(-n4cccn4)cc3C(F)(F)F)ccc2n1. The number of halogens is 3. The Kier molecular flexibility index (Phi) is 4.54. The molecule has 1 amide bonds. The maximum absolute atomic E-state index is 13.6. The minimum atomic E-state index is -4.64. The number of anilines is 1. The number of benzene rings is 2. The topological polar surface area (TPSA) is 59.8 Å². The van der Waals surface area contributed by atoms with E-state index in [9.17, 15) is 18.0 Å². The molecular formula is C21H15F3N4O. The normalized spacial score (nSPS) is 11.6. The molecule has 5 nitrogen and oxygen atoms in total. The molecule has 0 aliphatic carbocycles. The molecule has 0 unspecified atom stereocenters. The molecule has 146 valence electrons. The van der Waals surface area contributed by atoms with Gasteiger partial charge in [0.25, 0.3) is 5.91 Å². The number of aryl methyl sites for hydroxylation is 1. The van der Waals surface area contributed by atoms with Gasteiger partial charge in [-0.05, 0) is 55.5 Å². The van der Waals surface area contributed by atoms with E-state index in [2.05, 4.69) is 15.4 Å². The highest BCUT2D eigenvalue weighted by Crippen LogP contribution is 2.36. The van der Waals surface area contributed by atoms with Crippen molar-refractivity contribution in [1.82, 2.24) is 14.8 Å². The highest BCUT2D eigenvalue weighted by Gasteiger charge is 2.34. The average molecular weight is 396 g/mol. The van der Waals surface area contributed by atoms with E-state index in [4.69, 9.17) is 0 Å². The molecule has 0 fully saturated rings. The highest BCUT2D eigenvalue weighted by atomic mass is 19.4. The number of fused-ring (bicyclic) bond motifs is 1. The first-order chi connectivity index (χ1) is 13.8. The first-order valence-electron chi connectivity index (χ1n) is 8.71. The molecule has 4 aromatic rings. The monoisotopic (exact) mass is 396 g/mol. The Balaban J connectivity index is 1.68. The number of nitrogens with one attached hydrogen (secondary N) is 1. The standard InChI is InChI=1S/C21H15F3N4O/c1-13-3-4-14-11-15(5-7-18(14)26-13)20(29)27-19-8-6-16(28-10-2-9-25-28)12-17(19)21(22,23)24/h2-12H,1H3,(H,27,29). The van der Waals surface area contributed by atoms with Crippen LogP contribution in [0, 0.1) is 6.92 Å². The van der Waals surface area contributed by atoms with E-state index in [0.29, 0.717) is 5.52 Å². The number of pyridine rings is 1. The van der Waals surface area contributed by atoms with Crippen molar-refractivity contribution in [2.45, 2.75) is 13.1 Å². The first-order valence-corrected chi connectivity index (χ1v) is 8.71. The van der Waals surface area contributed by atoms with Crippen molar-refractivity contribution in [3.63, 3.8) is 0 Å². The largest absolute Gasteiger partial charge is 0.418 e. The number of carbonyl (C=O) groups is 1. The molecule has 0 aliphatic heterocycles. The zero-order chi connectivity index (χ0) is 20.6. The predicted molar refractivity (Wildman–Crippen MR) is 103 cm³/mol. The van der Waals surface area contributed by atoms with Gasteiger partial charge in [-0.1, -0.05) is 6.07 Å². The summed E-state index contributed by atoms with van der Waals surface area (Å²) < 4.78 is 42.1. The van der Waals surface area contributed by atoms with Crippen molar-refractivity contribution in [1.29, 1.82) is 0 Å². The van der Waals surface area contributed by atoms with Crippen LogP contribution in [0.3, 0.4) is 0 Å². The van der Waals surface area contributed by atoms with Crippen LogP contribution >= 0.6 is 0 Å². The Hall–Kier alpha value is -3.68. The number of rotatable bonds is 3. The van der Waals surface area contributed by atoms with Crippen molar-refractivity contribution >= 4 is 22.5 Å². The third kappa shape index (κ3) is 3.82. The van der Waals surface area contributed by atoms with E-state index >= 15 is 0 Å². The van der Waals surface area contributed by atoms with Gasteiger partial charge >= 0.3 is 6.18 Å². The first kappa shape index (κ1) is 18.7. The van der Waals surface area contributed by atoms with E-state index in [1.807, 2.05) is 13.0 Å². The highest BCUT2D eigenvalue weighted by molar-refractivity contribution is 6.06. The fourth-order valence-electron chi connectivity index (χ4n) is 3.00. The van der Waals surface area contributed by atoms with Gasteiger partial charge in [0.05, 0.1) is 22.5 Å². The van der Waals surface area contributed by atoms with Crippen LogP contribution in [0.15, 0.2) is 67.0 Å². The van der Waals surface area contributed by atoms with Crippen LogP contribution in [0.1, 0.15) is 21.6 Å². The minimum absolute atomic E-state index is 0.243. The second-order valence-electron chi connectivity index (χ2n) is 6.49. The van der Waals surface area contributed by atoms with Crippen LogP contribution < -0.4 is 5.32 Å². The number of hydrogen-bond donors (Lipinski definition) is 1. The molecular weight excluding hydrogens is 381 g/mol. The van der Waals surface area contributed by atoms with E-state index < -0.39 is 17.6 Å². The van der Waals surface area contributed by atoms with Gasteiger partial charge in [-0.25, -0.2) is 4.68 Å².